The molecule has 154 valence electrons. The van der Waals surface area contributed by atoms with Crippen LogP contribution < -0.4 is 9.47 Å². The highest BCUT2D eigenvalue weighted by atomic mass is 16.5. The Morgan fingerprint density at radius 3 is 1.77 bits per heavy atom. The molecule has 0 atom stereocenters. The zero-order chi connectivity index (χ0) is 21.1. The zero-order valence-corrected chi connectivity index (χ0v) is 17.1. The molecule has 1 fully saturated rings. The van der Waals surface area contributed by atoms with Gasteiger partial charge in [-0.2, -0.15) is 0 Å². The van der Waals surface area contributed by atoms with Crippen LogP contribution in [0.2, 0.25) is 0 Å². The van der Waals surface area contributed by atoms with E-state index in [0.29, 0.717) is 48.8 Å². The second-order valence-electron chi connectivity index (χ2n) is 7.25. The van der Waals surface area contributed by atoms with Gasteiger partial charge in [0.05, 0.1) is 14.2 Å². The number of nitrogens with zero attached hydrogens (tertiary/aromatic N) is 2. The number of carbonyl (C=O) groups excluding carboxylic acids is 2. The summed E-state index contributed by atoms with van der Waals surface area (Å²) < 4.78 is 10.5. The Bertz CT molecular complexity index is 1070. The van der Waals surface area contributed by atoms with E-state index in [1.54, 1.807) is 42.2 Å². The first-order chi connectivity index (χ1) is 14.6. The van der Waals surface area contributed by atoms with Crippen LogP contribution in [0, 0.1) is 0 Å². The number of methoxy groups -OCH3 is 2. The number of ether oxygens (including phenoxy) is 2. The SMILES string of the molecule is COc1cc(OC)cc(C(=O)N2CCN(C(=O)c3ccc4ccccc4c3)CC2)c1. The van der Waals surface area contributed by atoms with Crippen molar-refractivity contribution < 1.29 is 19.1 Å². The summed E-state index contributed by atoms with van der Waals surface area (Å²) in [6.45, 7) is 1.96. The topological polar surface area (TPSA) is 59.1 Å². The number of amides is 2. The van der Waals surface area contributed by atoms with Crippen LogP contribution in [-0.4, -0.2) is 62.0 Å². The molecule has 0 aromatic heterocycles. The molecule has 1 saturated heterocycles. The van der Waals surface area contributed by atoms with E-state index < -0.39 is 0 Å². The molecule has 3 aromatic carbocycles. The molecule has 0 radical (unpaired) electrons. The average molecular weight is 404 g/mol. The van der Waals surface area contributed by atoms with Gasteiger partial charge in [-0.1, -0.05) is 30.3 Å². The molecular formula is C24H24N2O4. The maximum absolute atomic E-state index is 12.9. The van der Waals surface area contributed by atoms with Gasteiger partial charge in [-0.15, -0.1) is 0 Å². The highest BCUT2D eigenvalue weighted by Crippen LogP contribution is 2.24. The summed E-state index contributed by atoms with van der Waals surface area (Å²) >= 11 is 0. The lowest BCUT2D eigenvalue weighted by molar-refractivity contribution is 0.0535. The first-order valence-corrected chi connectivity index (χ1v) is 9.89. The third-order valence-electron chi connectivity index (χ3n) is 5.45. The summed E-state index contributed by atoms with van der Waals surface area (Å²) in [4.78, 5) is 29.5. The van der Waals surface area contributed by atoms with Crippen LogP contribution in [0.3, 0.4) is 0 Å². The van der Waals surface area contributed by atoms with Crippen LogP contribution >= 0.6 is 0 Å². The van der Waals surface area contributed by atoms with Crippen LogP contribution in [0.15, 0.2) is 60.7 Å². The molecule has 0 bridgehead atoms. The largest absolute Gasteiger partial charge is 0.497 e. The van der Waals surface area contributed by atoms with Crippen molar-refractivity contribution in [3.05, 3.63) is 71.8 Å². The lowest BCUT2D eigenvalue weighted by Crippen LogP contribution is -2.50. The van der Waals surface area contributed by atoms with Crippen molar-refractivity contribution in [2.24, 2.45) is 0 Å². The lowest BCUT2D eigenvalue weighted by Gasteiger charge is -2.35. The van der Waals surface area contributed by atoms with Gasteiger partial charge < -0.3 is 19.3 Å². The summed E-state index contributed by atoms with van der Waals surface area (Å²) in [7, 11) is 3.11. The van der Waals surface area contributed by atoms with E-state index in [0.717, 1.165) is 10.8 Å². The molecule has 1 aliphatic heterocycles. The average Bonchev–Trinajstić information content (AvgIpc) is 2.82. The number of hydrogen-bond acceptors (Lipinski definition) is 4. The third-order valence-corrected chi connectivity index (χ3v) is 5.45. The van der Waals surface area contributed by atoms with Crippen molar-refractivity contribution in [2.75, 3.05) is 40.4 Å². The molecule has 4 rings (SSSR count). The molecule has 6 heteroatoms. The normalized spacial score (nSPS) is 13.9. The minimum atomic E-state index is -0.0926. The van der Waals surface area contributed by atoms with E-state index in [9.17, 15) is 9.59 Å². The Morgan fingerprint density at radius 1 is 0.667 bits per heavy atom. The van der Waals surface area contributed by atoms with Crippen LogP contribution in [0.5, 0.6) is 11.5 Å². The molecule has 0 saturated carbocycles. The quantitative estimate of drug-likeness (QED) is 0.668. The number of rotatable bonds is 4. The van der Waals surface area contributed by atoms with E-state index in [1.807, 2.05) is 42.5 Å². The van der Waals surface area contributed by atoms with E-state index in [2.05, 4.69) is 0 Å². The Balaban J connectivity index is 1.44. The van der Waals surface area contributed by atoms with Gasteiger partial charge in [-0.25, -0.2) is 0 Å². The van der Waals surface area contributed by atoms with Gasteiger partial charge in [0, 0.05) is 43.4 Å². The highest BCUT2D eigenvalue weighted by molar-refractivity contribution is 5.99. The molecule has 1 aliphatic rings. The van der Waals surface area contributed by atoms with Gasteiger partial charge in [0.2, 0.25) is 0 Å². The molecule has 0 unspecified atom stereocenters. The number of carbonyl (C=O) groups is 2. The van der Waals surface area contributed by atoms with Crippen LogP contribution in [0.25, 0.3) is 10.8 Å². The Labute approximate surface area is 175 Å². The first kappa shape index (κ1) is 19.8. The molecule has 6 nitrogen and oxygen atoms in total. The van der Waals surface area contributed by atoms with Gasteiger partial charge in [-0.05, 0) is 35.0 Å². The fraction of sp³-hybridized carbons (Fsp3) is 0.250. The van der Waals surface area contributed by atoms with Crippen molar-refractivity contribution in [3.63, 3.8) is 0 Å². The molecule has 0 spiro atoms. The second kappa shape index (κ2) is 8.45. The number of hydrogen-bond donors (Lipinski definition) is 0. The van der Waals surface area contributed by atoms with Gasteiger partial charge in [0.15, 0.2) is 0 Å². The molecule has 0 N–H and O–H groups in total. The van der Waals surface area contributed by atoms with Gasteiger partial charge in [0.25, 0.3) is 11.8 Å². The van der Waals surface area contributed by atoms with Crippen LogP contribution in [0.4, 0.5) is 0 Å². The van der Waals surface area contributed by atoms with E-state index in [1.165, 1.54) is 0 Å². The summed E-state index contributed by atoms with van der Waals surface area (Å²) in [5.74, 6) is 1.05. The molecule has 1 heterocycles. The molecule has 2 amide bonds. The van der Waals surface area contributed by atoms with Crippen LogP contribution in [0.1, 0.15) is 20.7 Å². The van der Waals surface area contributed by atoms with Crippen molar-refractivity contribution in [1.29, 1.82) is 0 Å². The fourth-order valence-electron chi connectivity index (χ4n) is 3.73. The molecule has 0 aliphatic carbocycles. The highest BCUT2D eigenvalue weighted by Gasteiger charge is 2.26. The predicted octanol–water partition coefficient (Wildman–Crippen LogP) is 3.46. The molecule has 30 heavy (non-hydrogen) atoms. The number of benzene rings is 3. The first-order valence-electron chi connectivity index (χ1n) is 9.89. The maximum atomic E-state index is 12.9. The summed E-state index contributed by atoms with van der Waals surface area (Å²) in [6, 6.07) is 18.9. The number of fused-ring (bicyclic) bond motifs is 1. The smallest absolute Gasteiger partial charge is 0.254 e. The third kappa shape index (κ3) is 3.94. The molecular weight excluding hydrogens is 380 g/mol. The van der Waals surface area contributed by atoms with Gasteiger partial charge in [-0.3, -0.25) is 9.59 Å². The van der Waals surface area contributed by atoms with Crippen molar-refractivity contribution in [3.8, 4) is 11.5 Å². The van der Waals surface area contributed by atoms with E-state index in [4.69, 9.17) is 9.47 Å². The van der Waals surface area contributed by atoms with Crippen molar-refractivity contribution >= 4 is 22.6 Å². The van der Waals surface area contributed by atoms with E-state index in [-0.39, 0.29) is 11.8 Å². The Kier molecular flexibility index (Phi) is 5.57. The zero-order valence-electron chi connectivity index (χ0n) is 17.1. The predicted molar refractivity (Wildman–Crippen MR) is 115 cm³/mol. The minimum absolute atomic E-state index is 0.00379. The summed E-state index contributed by atoms with van der Waals surface area (Å²) in [5, 5.41) is 2.15. The van der Waals surface area contributed by atoms with Gasteiger partial charge >= 0.3 is 0 Å². The summed E-state index contributed by atoms with van der Waals surface area (Å²) in [5.41, 5.74) is 1.19. The standard InChI is InChI=1S/C24H24N2O4/c1-29-21-14-20(15-22(16-21)30-2)24(28)26-11-9-25(10-12-26)23(27)19-8-7-17-5-3-4-6-18(17)13-19/h3-8,13-16H,9-12H2,1-2H3. The summed E-state index contributed by atoms with van der Waals surface area (Å²) in [6.07, 6.45) is 0. The fourth-order valence-corrected chi connectivity index (χ4v) is 3.73. The maximum Gasteiger partial charge on any atom is 0.254 e. The lowest BCUT2D eigenvalue weighted by atomic mass is 10.1. The van der Waals surface area contributed by atoms with Crippen molar-refractivity contribution in [1.82, 2.24) is 9.80 Å². The Hall–Kier alpha value is -3.54. The van der Waals surface area contributed by atoms with Gasteiger partial charge in [0.1, 0.15) is 11.5 Å². The minimum Gasteiger partial charge on any atom is -0.497 e. The van der Waals surface area contributed by atoms with E-state index >= 15 is 0 Å². The number of piperazine rings is 1. The van der Waals surface area contributed by atoms with Crippen molar-refractivity contribution in [2.45, 2.75) is 0 Å². The van der Waals surface area contributed by atoms with Crippen LogP contribution in [-0.2, 0) is 0 Å². The molecule has 3 aromatic rings. The Morgan fingerprint density at radius 2 is 1.20 bits per heavy atom. The monoisotopic (exact) mass is 404 g/mol. The second-order valence-corrected chi connectivity index (χ2v) is 7.25.